The molecule has 0 aliphatic rings. The van der Waals surface area contributed by atoms with Crippen molar-refractivity contribution in [3.8, 4) is 0 Å². The minimum absolute atomic E-state index is 0.128. The molecular formula is C28H26F3N3O3. The molecule has 37 heavy (non-hydrogen) atoms. The van der Waals surface area contributed by atoms with Gasteiger partial charge in [-0.3, -0.25) is 9.48 Å². The van der Waals surface area contributed by atoms with E-state index < -0.39 is 23.8 Å². The van der Waals surface area contributed by atoms with Gasteiger partial charge in [-0.05, 0) is 74.2 Å². The quantitative estimate of drug-likeness (QED) is 0.301. The zero-order valence-electron chi connectivity index (χ0n) is 20.5. The molecule has 0 aliphatic carbocycles. The Bertz CT molecular complexity index is 1440. The Balaban J connectivity index is 1.69. The van der Waals surface area contributed by atoms with E-state index in [0.29, 0.717) is 28.6 Å². The molecule has 1 unspecified atom stereocenters. The lowest BCUT2D eigenvalue weighted by Crippen LogP contribution is -2.29. The number of carboxylic acids is 1. The van der Waals surface area contributed by atoms with Gasteiger partial charge in [-0.25, -0.2) is 4.79 Å². The van der Waals surface area contributed by atoms with E-state index in [1.165, 1.54) is 24.3 Å². The molecule has 0 radical (unpaired) electrons. The highest BCUT2D eigenvalue weighted by atomic mass is 19.4. The van der Waals surface area contributed by atoms with E-state index in [1.54, 1.807) is 29.8 Å². The minimum atomic E-state index is -4.41. The molecule has 1 atom stereocenters. The van der Waals surface area contributed by atoms with Crippen LogP contribution < -0.4 is 5.32 Å². The predicted octanol–water partition coefficient (Wildman–Crippen LogP) is 6.42. The van der Waals surface area contributed by atoms with Crippen molar-refractivity contribution in [2.75, 3.05) is 0 Å². The molecule has 0 bridgehead atoms. The van der Waals surface area contributed by atoms with Gasteiger partial charge in [0, 0.05) is 11.4 Å². The third kappa shape index (κ3) is 5.50. The van der Waals surface area contributed by atoms with E-state index in [4.69, 9.17) is 5.11 Å². The van der Waals surface area contributed by atoms with Crippen molar-refractivity contribution in [1.29, 1.82) is 0 Å². The molecule has 3 aromatic carbocycles. The molecule has 2 N–H and O–H groups in total. The molecule has 1 aromatic heterocycles. The second-order valence-corrected chi connectivity index (χ2v) is 9.19. The molecule has 9 heteroatoms. The van der Waals surface area contributed by atoms with Gasteiger partial charge in [-0.2, -0.15) is 18.3 Å². The van der Waals surface area contributed by atoms with Gasteiger partial charge in [0.1, 0.15) is 5.69 Å². The predicted molar refractivity (Wildman–Crippen MR) is 134 cm³/mol. The van der Waals surface area contributed by atoms with Crippen LogP contribution in [-0.2, 0) is 12.6 Å². The number of carbonyl (C=O) groups excluding carboxylic acids is 1. The summed E-state index contributed by atoms with van der Waals surface area (Å²) < 4.78 is 40.6. The highest BCUT2D eigenvalue weighted by Crippen LogP contribution is 2.31. The van der Waals surface area contributed by atoms with Crippen LogP contribution in [0.5, 0.6) is 0 Å². The number of hydrogen-bond acceptors (Lipinski definition) is 3. The largest absolute Gasteiger partial charge is 0.478 e. The van der Waals surface area contributed by atoms with Gasteiger partial charge in [0.25, 0.3) is 5.91 Å². The van der Waals surface area contributed by atoms with E-state index in [9.17, 15) is 22.8 Å². The number of hydrogen-bond donors (Lipinski definition) is 2. The third-order valence-corrected chi connectivity index (χ3v) is 6.20. The fraction of sp³-hybridized carbons (Fsp3) is 0.250. The molecule has 192 valence electrons. The zero-order chi connectivity index (χ0) is 26.9. The van der Waals surface area contributed by atoms with Gasteiger partial charge in [0.2, 0.25) is 0 Å². The summed E-state index contributed by atoms with van der Waals surface area (Å²) in [6.07, 6.45) is -4.08. The maximum absolute atomic E-state index is 13.6. The first-order chi connectivity index (χ1) is 17.5. The number of amides is 1. The number of alkyl halides is 3. The fourth-order valence-corrected chi connectivity index (χ4v) is 4.26. The van der Waals surface area contributed by atoms with Crippen molar-refractivity contribution in [1.82, 2.24) is 15.1 Å². The van der Waals surface area contributed by atoms with Gasteiger partial charge in [0.05, 0.1) is 22.7 Å². The highest BCUT2D eigenvalue weighted by molar-refractivity contribution is 6.06. The Hall–Kier alpha value is -4.14. The van der Waals surface area contributed by atoms with Crippen LogP contribution in [0, 0.1) is 0 Å². The van der Waals surface area contributed by atoms with Crippen molar-refractivity contribution in [2.24, 2.45) is 0 Å². The van der Waals surface area contributed by atoms with Crippen molar-refractivity contribution < 1.29 is 27.9 Å². The molecule has 0 saturated carbocycles. The zero-order valence-corrected chi connectivity index (χ0v) is 20.5. The SMILES string of the molecule is CC(NC(=O)c1c2c(Cc3ccc(C(F)(F)F)cc3)cccc2nn1C(C)C)c1ccc(C(=O)O)cc1. The van der Waals surface area contributed by atoms with Crippen molar-refractivity contribution in [2.45, 2.75) is 45.5 Å². The number of carboxylic acid groups (broad SMARTS) is 1. The second-order valence-electron chi connectivity index (χ2n) is 9.19. The number of halogens is 3. The number of carbonyl (C=O) groups is 2. The first-order valence-electron chi connectivity index (χ1n) is 11.8. The summed E-state index contributed by atoms with van der Waals surface area (Å²) in [6.45, 7) is 5.62. The van der Waals surface area contributed by atoms with Crippen LogP contribution in [0.2, 0.25) is 0 Å². The summed E-state index contributed by atoms with van der Waals surface area (Å²) in [6, 6.07) is 16.2. The number of nitrogens with one attached hydrogen (secondary N) is 1. The third-order valence-electron chi connectivity index (χ3n) is 6.20. The maximum Gasteiger partial charge on any atom is 0.416 e. The number of benzene rings is 3. The summed E-state index contributed by atoms with van der Waals surface area (Å²) in [4.78, 5) is 24.7. The normalized spacial score (nSPS) is 12.6. The Labute approximate surface area is 211 Å². The topological polar surface area (TPSA) is 84.2 Å². The lowest BCUT2D eigenvalue weighted by Gasteiger charge is -2.17. The smallest absolute Gasteiger partial charge is 0.416 e. The van der Waals surface area contributed by atoms with Crippen LogP contribution in [0.4, 0.5) is 13.2 Å². The average molecular weight is 510 g/mol. The second kappa shape index (κ2) is 10.1. The fourth-order valence-electron chi connectivity index (χ4n) is 4.26. The number of rotatable bonds is 7. The van der Waals surface area contributed by atoms with E-state index in [-0.39, 0.29) is 17.5 Å². The molecule has 4 aromatic rings. The number of nitrogens with zero attached hydrogens (tertiary/aromatic N) is 2. The van der Waals surface area contributed by atoms with Crippen molar-refractivity contribution in [3.05, 3.63) is 100 Å². The summed E-state index contributed by atoms with van der Waals surface area (Å²) >= 11 is 0. The average Bonchev–Trinajstić information content (AvgIpc) is 3.25. The minimum Gasteiger partial charge on any atom is -0.478 e. The van der Waals surface area contributed by atoms with Crippen LogP contribution in [-0.4, -0.2) is 26.8 Å². The van der Waals surface area contributed by atoms with Crippen LogP contribution in [0.15, 0.2) is 66.7 Å². The van der Waals surface area contributed by atoms with Crippen LogP contribution in [0.3, 0.4) is 0 Å². The van der Waals surface area contributed by atoms with Crippen LogP contribution >= 0.6 is 0 Å². The highest BCUT2D eigenvalue weighted by Gasteiger charge is 2.30. The van der Waals surface area contributed by atoms with Gasteiger partial charge in [-0.15, -0.1) is 0 Å². The first-order valence-corrected chi connectivity index (χ1v) is 11.8. The summed E-state index contributed by atoms with van der Waals surface area (Å²) in [5.74, 6) is -1.39. The summed E-state index contributed by atoms with van der Waals surface area (Å²) in [5, 5.41) is 17.4. The van der Waals surface area contributed by atoms with E-state index in [2.05, 4.69) is 10.4 Å². The Morgan fingerprint density at radius 1 is 0.973 bits per heavy atom. The Kier molecular flexibility index (Phi) is 7.07. The molecular weight excluding hydrogens is 483 g/mol. The van der Waals surface area contributed by atoms with Gasteiger partial charge in [0.15, 0.2) is 0 Å². The van der Waals surface area contributed by atoms with E-state index in [0.717, 1.165) is 23.3 Å². The van der Waals surface area contributed by atoms with Gasteiger partial charge >= 0.3 is 12.1 Å². The van der Waals surface area contributed by atoms with E-state index >= 15 is 0 Å². The molecule has 4 rings (SSSR count). The Morgan fingerprint density at radius 2 is 1.62 bits per heavy atom. The maximum atomic E-state index is 13.6. The van der Waals surface area contributed by atoms with Gasteiger partial charge < -0.3 is 10.4 Å². The lowest BCUT2D eigenvalue weighted by atomic mass is 9.98. The molecule has 0 aliphatic heterocycles. The molecule has 0 saturated heterocycles. The standard InChI is InChI=1S/C28H26F3N3O3/c1-16(2)34-25(26(35)32-17(3)19-9-11-20(12-10-19)27(36)37)24-21(5-4-6-23(24)33-34)15-18-7-13-22(14-8-18)28(29,30)31/h4-14,16-17H,15H2,1-3H3,(H,32,35)(H,36,37). The molecule has 1 amide bonds. The first kappa shape index (κ1) is 25.9. The molecule has 0 spiro atoms. The summed E-state index contributed by atoms with van der Waals surface area (Å²) in [7, 11) is 0. The van der Waals surface area contributed by atoms with Crippen LogP contribution in [0.1, 0.15) is 76.0 Å². The van der Waals surface area contributed by atoms with Crippen LogP contribution in [0.25, 0.3) is 10.9 Å². The lowest BCUT2D eigenvalue weighted by molar-refractivity contribution is -0.137. The number of aromatic carboxylic acids is 1. The molecule has 6 nitrogen and oxygen atoms in total. The number of aromatic nitrogens is 2. The molecule has 1 heterocycles. The van der Waals surface area contributed by atoms with Crippen molar-refractivity contribution in [3.63, 3.8) is 0 Å². The van der Waals surface area contributed by atoms with E-state index in [1.807, 2.05) is 26.0 Å². The summed E-state index contributed by atoms with van der Waals surface area (Å²) in [5.41, 5.74) is 2.60. The van der Waals surface area contributed by atoms with Crippen molar-refractivity contribution >= 4 is 22.8 Å². The van der Waals surface area contributed by atoms with Gasteiger partial charge in [-0.1, -0.05) is 36.4 Å². The molecule has 0 fully saturated rings. The Morgan fingerprint density at radius 3 is 2.19 bits per heavy atom. The number of fused-ring (bicyclic) bond motifs is 1. The monoisotopic (exact) mass is 509 g/mol.